The normalized spacial score (nSPS) is 24.4. The van der Waals surface area contributed by atoms with E-state index in [1.165, 1.54) is 6.92 Å². The van der Waals surface area contributed by atoms with Gasteiger partial charge in [-0.2, -0.15) is 0 Å². The van der Waals surface area contributed by atoms with Crippen LogP contribution in [-0.2, 0) is 24.0 Å². The van der Waals surface area contributed by atoms with Gasteiger partial charge in [0, 0.05) is 6.42 Å². The third kappa shape index (κ3) is 6.76. The predicted octanol–water partition coefficient (Wildman–Crippen LogP) is 0.907. The zero-order valence-electron chi connectivity index (χ0n) is 15.9. The maximum atomic E-state index is 12.4. The van der Waals surface area contributed by atoms with Gasteiger partial charge in [-0.25, -0.2) is 9.59 Å². The van der Waals surface area contributed by atoms with Crippen LogP contribution in [0.5, 0.6) is 0 Å². The molecule has 3 unspecified atom stereocenters. The van der Waals surface area contributed by atoms with E-state index in [9.17, 15) is 24.3 Å². The topological polar surface area (TPSA) is 138 Å². The van der Waals surface area contributed by atoms with E-state index in [1.807, 2.05) is 19.9 Å². The van der Waals surface area contributed by atoms with Crippen LogP contribution in [0, 0.1) is 5.92 Å². The first-order valence-corrected chi connectivity index (χ1v) is 8.79. The van der Waals surface area contributed by atoms with Crippen LogP contribution < -0.4 is 0 Å². The maximum absolute atomic E-state index is 12.4. The quantitative estimate of drug-likeness (QED) is 0.393. The molecule has 9 nitrogen and oxygen atoms in total. The number of hydroxylamine groups is 3. The number of aliphatic carboxylic acids is 2. The predicted molar refractivity (Wildman–Crippen MR) is 93.2 cm³/mol. The summed E-state index contributed by atoms with van der Waals surface area (Å²) >= 11 is 0. The van der Waals surface area contributed by atoms with Crippen molar-refractivity contribution in [1.29, 1.82) is 0 Å². The standard InChI is InChI=1S/C18H27NO8/c1-12(2)6-8-19(7-4-5-14(11-19)13(3)20)27-16(23)10-18(26,17(24)25)9-15(21)22/h6,14,26H,4-5,7-11H2,1-3H3,(H-,21,22,24,25)/p+1. The molecule has 3 atom stereocenters. The van der Waals surface area contributed by atoms with E-state index in [0.717, 1.165) is 5.57 Å². The molecule has 0 aromatic heterocycles. The smallest absolute Gasteiger partial charge is 0.370 e. The summed E-state index contributed by atoms with van der Waals surface area (Å²) in [5, 5.41) is 28.0. The Morgan fingerprint density at radius 1 is 1.15 bits per heavy atom. The summed E-state index contributed by atoms with van der Waals surface area (Å²) in [4.78, 5) is 51.8. The molecule has 1 aliphatic rings. The third-order valence-corrected chi connectivity index (χ3v) is 4.65. The molecule has 0 amide bonds. The number of carboxylic acids is 2. The molecule has 1 aliphatic heterocycles. The lowest BCUT2D eigenvalue weighted by Crippen LogP contribution is -2.57. The molecule has 3 N–H and O–H groups in total. The Labute approximate surface area is 157 Å². The minimum Gasteiger partial charge on any atom is -0.481 e. The Morgan fingerprint density at radius 3 is 2.26 bits per heavy atom. The first-order valence-electron chi connectivity index (χ1n) is 8.79. The van der Waals surface area contributed by atoms with E-state index in [4.69, 9.17) is 15.1 Å². The molecule has 27 heavy (non-hydrogen) atoms. The monoisotopic (exact) mass is 386 g/mol. The minimum absolute atomic E-state index is 0.0154. The molecule has 0 aliphatic carbocycles. The number of hydrogen-bond acceptors (Lipinski definition) is 6. The number of piperidine rings is 1. The summed E-state index contributed by atoms with van der Waals surface area (Å²) in [7, 11) is 0. The Hall–Kier alpha value is -2.26. The average Bonchev–Trinajstić information content (AvgIpc) is 2.52. The fraction of sp³-hybridized carbons (Fsp3) is 0.667. The zero-order valence-corrected chi connectivity index (χ0v) is 15.9. The van der Waals surface area contributed by atoms with Crippen LogP contribution in [0.4, 0.5) is 0 Å². The van der Waals surface area contributed by atoms with Crippen molar-refractivity contribution in [1.82, 2.24) is 0 Å². The van der Waals surface area contributed by atoms with Gasteiger partial charge in [0.1, 0.15) is 25.4 Å². The Bertz CT molecular complexity index is 639. The van der Waals surface area contributed by atoms with Crippen molar-refractivity contribution < 1.29 is 44.0 Å². The summed E-state index contributed by atoms with van der Waals surface area (Å²) in [6.07, 6.45) is 1.07. The van der Waals surface area contributed by atoms with E-state index in [-0.39, 0.29) is 22.9 Å². The highest BCUT2D eigenvalue weighted by Crippen LogP contribution is 2.27. The third-order valence-electron chi connectivity index (χ3n) is 4.65. The van der Waals surface area contributed by atoms with E-state index < -0.39 is 36.4 Å². The number of carboxylic acid groups (broad SMARTS) is 2. The van der Waals surface area contributed by atoms with Crippen LogP contribution in [0.3, 0.4) is 0 Å². The van der Waals surface area contributed by atoms with E-state index >= 15 is 0 Å². The van der Waals surface area contributed by atoms with Crippen LogP contribution in [0.15, 0.2) is 11.6 Å². The SMILES string of the molecule is CC(=O)C1CCC[N+](CC=C(C)C)(OC(=O)CC(O)(CC(=O)O)C(=O)O)C1. The molecule has 0 bridgehead atoms. The first kappa shape index (κ1) is 22.8. The highest BCUT2D eigenvalue weighted by Gasteiger charge is 2.46. The largest absolute Gasteiger partial charge is 0.481 e. The lowest BCUT2D eigenvalue weighted by atomic mass is 9.94. The van der Waals surface area contributed by atoms with Gasteiger partial charge >= 0.3 is 17.9 Å². The molecule has 0 radical (unpaired) electrons. The fourth-order valence-electron chi connectivity index (χ4n) is 3.13. The molecule has 9 heteroatoms. The molecule has 1 saturated heterocycles. The van der Waals surface area contributed by atoms with Crippen molar-refractivity contribution in [2.75, 3.05) is 19.6 Å². The fourth-order valence-corrected chi connectivity index (χ4v) is 3.13. The molecular formula is C18H28NO8+. The lowest BCUT2D eigenvalue weighted by Gasteiger charge is -2.39. The summed E-state index contributed by atoms with van der Waals surface area (Å²) in [6, 6.07) is 0. The van der Waals surface area contributed by atoms with Crippen molar-refractivity contribution in [3.05, 3.63) is 11.6 Å². The molecule has 0 spiro atoms. The summed E-state index contributed by atoms with van der Waals surface area (Å²) in [6.45, 7) is 6.24. The molecule has 1 rings (SSSR count). The molecular weight excluding hydrogens is 358 g/mol. The number of rotatable bonds is 9. The van der Waals surface area contributed by atoms with Crippen LogP contribution in [0.1, 0.15) is 46.5 Å². The minimum atomic E-state index is -2.75. The second-order valence-electron chi connectivity index (χ2n) is 7.43. The van der Waals surface area contributed by atoms with Crippen LogP contribution >= 0.6 is 0 Å². The Balaban J connectivity index is 3.02. The summed E-state index contributed by atoms with van der Waals surface area (Å²) in [5.41, 5.74) is -1.76. The summed E-state index contributed by atoms with van der Waals surface area (Å²) in [5.74, 6) is -4.67. The number of ketones is 1. The molecule has 1 fully saturated rings. The van der Waals surface area contributed by atoms with Gasteiger partial charge in [0.25, 0.3) is 0 Å². The van der Waals surface area contributed by atoms with Crippen molar-refractivity contribution in [3.8, 4) is 0 Å². The van der Waals surface area contributed by atoms with Gasteiger partial charge in [-0.3, -0.25) is 14.4 Å². The number of nitrogens with zero attached hydrogens (tertiary/aromatic N) is 1. The molecule has 0 aromatic carbocycles. The number of hydrogen-bond donors (Lipinski definition) is 3. The van der Waals surface area contributed by atoms with Gasteiger partial charge in [0.15, 0.2) is 5.60 Å². The van der Waals surface area contributed by atoms with Gasteiger partial charge in [-0.1, -0.05) is 5.57 Å². The molecule has 152 valence electrons. The number of Topliss-reactive ketones (excluding diaryl/α,β-unsaturated/α-hetero) is 1. The zero-order chi connectivity index (χ0) is 20.8. The number of carbonyl (C=O) groups is 4. The van der Waals surface area contributed by atoms with Gasteiger partial charge in [-0.05, 0) is 33.3 Å². The number of likely N-dealkylation sites (tertiary alicyclic amines) is 1. The van der Waals surface area contributed by atoms with Crippen molar-refractivity contribution in [2.45, 2.75) is 52.1 Å². The maximum Gasteiger partial charge on any atom is 0.370 e. The van der Waals surface area contributed by atoms with Gasteiger partial charge in [0.2, 0.25) is 0 Å². The lowest BCUT2D eigenvalue weighted by molar-refractivity contribution is -1.09. The van der Waals surface area contributed by atoms with Gasteiger partial charge in [-0.15, -0.1) is 4.65 Å². The van der Waals surface area contributed by atoms with Crippen LogP contribution in [-0.4, -0.2) is 68.9 Å². The summed E-state index contributed by atoms with van der Waals surface area (Å²) < 4.78 is -0.184. The van der Waals surface area contributed by atoms with Crippen LogP contribution in [0.2, 0.25) is 0 Å². The highest BCUT2D eigenvalue weighted by atomic mass is 16.7. The molecule has 0 aromatic rings. The number of allylic oxidation sites excluding steroid dienone is 1. The van der Waals surface area contributed by atoms with E-state index in [1.54, 1.807) is 0 Å². The van der Waals surface area contributed by atoms with Crippen molar-refractivity contribution >= 4 is 23.7 Å². The average molecular weight is 386 g/mol. The second kappa shape index (κ2) is 9.09. The number of carbonyl (C=O) groups excluding carboxylic acids is 2. The Kier molecular flexibility index (Phi) is 7.67. The van der Waals surface area contributed by atoms with E-state index in [0.29, 0.717) is 25.9 Å². The Morgan fingerprint density at radius 2 is 1.78 bits per heavy atom. The van der Waals surface area contributed by atoms with Crippen molar-refractivity contribution in [3.63, 3.8) is 0 Å². The number of aliphatic hydroxyl groups is 1. The van der Waals surface area contributed by atoms with Crippen LogP contribution in [0.25, 0.3) is 0 Å². The molecule has 1 heterocycles. The van der Waals surface area contributed by atoms with Gasteiger partial charge in [0.05, 0.1) is 18.8 Å². The molecule has 0 saturated carbocycles. The number of quaternary nitrogens is 1. The van der Waals surface area contributed by atoms with Crippen molar-refractivity contribution in [2.24, 2.45) is 5.92 Å². The first-order chi connectivity index (χ1) is 12.4. The van der Waals surface area contributed by atoms with E-state index in [2.05, 4.69) is 0 Å². The highest BCUT2D eigenvalue weighted by molar-refractivity contribution is 5.88. The second-order valence-corrected chi connectivity index (χ2v) is 7.43. The van der Waals surface area contributed by atoms with Gasteiger partial charge < -0.3 is 15.3 Å².